The molecule has 0 radical (unpaired) electrons. The van der Waals surface area contributed by atoms with Crippen LogP contribution in [0, 0.1) is 5.92 Å². The molecule has 1 unspecified atom stereocenters. The van der Waals surface area contributed by atoms with Gasteiger partial charge in [0.05, 0.1) is 0 Å². The van der Waals surface area contributed by atoms with Crippen molar-refractivity contribution in [1.29, 1.82) is 0 Å². The monoisotopic (exact) mass is 360 g/mol. The molecule has 0 saturated heterocycles. The normalized spacial score (nSPS) is 27.0. The van der Waals surface area contributed by atoms with Gasteiger partial charge in [-0.05, 0) is 0 Å². The Labute approximate surface area is 94.1 Å². The number of ketones is 1. The average molecular weight is 359 g/mol. The molecule has 0 aromatic heterocycles. The zero-order valence-corrected chi connectivity index (χ0v) is 11.9. The van der Waals surface area contributed by atoms with Crippen molar-refractivity contribution in [3.63, 3.8) is 0 Å². The Morgan fingerprint density at radius 2 is 1.92 bits per heavy atom. The van der Waals surface area contributed by atoms with Gasteiger partial charge >= 0.3 is 94.8 Å². The molecule has 0 amide bonds. The van der Waals surface area contributed by atoms with Crippen LogP contribution in [-0.2, 0) is 4.79 Å². The minimum absolute atomic E-state index is 0.0520. The van der Waals surface area contributed by atoms with E-state index in [0.29, 0.717) is 16.7 Å². The van der Waals surface area contributed by atoms with E-state index >= 15 is 0 Å². The van der Waals surface area contributed by atoms with Crippen molar-refractivity contribution in [3.8, 4) is 0 Å². The van der Waals surface area contributed by atoms with E-state index in [0.717, 1.165) is 25.7 Å². The van der Waals surface area contributed by atoms with Crippen molar-refractivity contribution in [2.75, 3.05) is 0 Å². The molecule has 0 aromatic carbocycles. The van der Waals surface area contributed by atoms with E-state index in [1.54, 1.807) is 0 Å². The van der Waals surface area contributed by atoms with Crippen molar-refractivity contribution in [3.05, 3.63) is 0 Å². The van der Waals surface area contributed by atoms with Gasteiger partial charge in [-0.1, -0.05) is 0 Å². The molecule has 78 valence electrons. The summed E-state index contributed by atoms with van der Waals surface area (Å²) in [6.45, 7) is 0. The second kappa shape index (κ2) is 5.42. The van der Waals surface area contributed by atoms with Crippen LogP contribution in [0.15, 0.2) is 0 Å². The minimum atomic E-state index is -3.11. The maximum atomic E-state index is 11.5. The molecule has 1 saturated carbocycles. The van der Waals surface area contributed by atoms with Gasteiger partial charge in [0.2, 0.25) is 0 Å². The molecule has 0 heterocycles. The molecule has 0 N–H and O–H groups in total. The molecule has 0 bridgehead atoms. The molecule has 13 heavy (non-hydrogen) atoms. The van der Waals surface area contributed by atoms with Gasteiger partial charge < -0.3 is 0 Å². The number of hydrogen-bond donors (Lipinski definition) is 0. The number of carbonyl (C=O) groups is 1. The summed E-state index contributed by atoms with van der Waals surface area (Å²) in [5.41, 5.74) is 0. The molecular weight excluding hydrogens is 346 g/mol. The molecule has 1 rings (SSSR count). The fraction of sp³-hybridized carbons (Fsp3) is 0.875. The van der Waals surface area contributed by atoms with Crippen LogP contribution in [0.3, 0.4) is 0 Å². The van der Waals surface area contributed by atoms with Crippen molar-refractivity contribution < 1.29 is 4.79 Å². The van der Waals surface area contributed by atoms with Crippen LogP contribution in [0.4, 0.5) is 0 Å². The number of halogens is 3. The summed E-state index contributed by atoms with van der Waals surface area (Å²) in [4.78, 5) is 11.5. The third kappa shape index (κ3) is 5.09. The fourth-order valence-corrected chi connectivity index (χ4v) is 7.01. The molecule has 0 aliphatic heterocycles. The summed E-state index contributed by atoms with van der Waals surface area (Å²) in [5.74, 6) is 0.367. The van der Waals surface area contributed by atoms with Crippen LogP contribution in [0.1, 0.15) is 32.1 Å². The Kier molecular flexibility index (Phi) is 5.17. The van der Waals surface area contributed by atoms with Gasteiger partial charge in [0, 0.05) is 0 Å². The summed E-state index contributed by atoms with van der Waals surface area (Å²) in [7, 11) is 17.6. The van der Waals surface area contributed by atoms with E-state index in [1.807, 2.05) is 0 Å². The van der Waals surface area contributed by atoms with Crippen LogP contribution in [-0.4, -0.2) is 20.6 Å². The Hall–Kier alpha value is 1.33. The first-order chi connectivity index (χ1) is 5.99. The molecule has 1 fully saturated rings. The van der Waals surface area contributed by atoms with E-state index < -0.39 is 14.8 Å². The first kappa shape index (κ1) is 12.4. The predicted molar refractivity (Wildman–Crippen MR) is 59.7 cm³/mol. The Balaban J connectivity index is 2.50. The molecule has 1 atom stereocenters. The first-order valence-corrected chi connectivity index (χ1v) is 14.9. The Bertz CT molecular complexity index is 190. The molecular formula is C8H13Cl3OTe. The molecule has 1 aliphatic carbocycles. The average Bonchev–Trinajstić information content (AvgIpc) is 2.14. The summed E-state index contributed by atoms with van der Waals surface area (Å²) >= 11 is -3.11. The zero-order chi connectivity index (χ0) is 9.90. The third-order valence-electron chi connectivity index (χ3n) is 2.32. The molecule has 1 nitrogen and oxygen atoms in total. The molecule has 5 heteroatoms. The number of carbonyl (C=O) groups excluding carboxylic acids is 1. The van der Waals surface area contributed by atoms with Crippen LogP contribution < -0.4 is 0 Å². The van der Waals surface area contributed by atoms with E-state index in [4.69, 9.17) is 26.9 Å². The number of rotatable bonds is 2. The summed E-state index contributed by atoms with van der Waals surface area (Å²) in [6.07, 6.45) is 4.89. The quantitative estimate of drug-likeness (QED) is 0.542. The van der Waals surface area contributed by atoms with Gasteiger partial charge in [-0.25, -0.2) is 0 Å². The summed E-state index contributed by atoms with van der Waals surface area (Å²) in [5, 5.41) is 0. The van der Waals surface area contributed by atoms with Gasteiger partial charge in [-0.3, -0.25) is 0 Å². The van der Waals surface area contributed by atoms with Crippen molar-refractivity contribution in [1.82, 2.24) is 0 Å². The van der Waals surface area contributed by atoms with Crippen LogP contribution in [0.25, 0.3) is 0 Å². The summed E-state index contributed by atoms with van der Waals surface area (Å²) in [6, 6.07) is 0. The van der Waals surface area contributed by atoms with E-state index in [9.17, 15) is 4.79 Å². The van der Waals surface area contributed by atoms with Crippen molar-refractivity contribution in [2.24, 2.45) is 5.92 Å². The Morgan fingerprint density at radius 3 is 2.54 bits per heavy atom. The second-order valence-corrected chi connectivity index (χ2v) is 21.0. The van der Waals surface area contributed by atoms with E-state index in [2.05, 4.69) is 0 Å². The molecule has 0 spiro atoms. The van der Waals surface area contributed by atoms with Crippen molar-refractivity contribution in [2.45, 2.75) is 36.6 Å². The van der Waals surface area contributed by atoms with Crippen LogP contribution in [0.5, 0.6) is 0 Å². The molecule has 1 aliphatic rings. The van der Waals surface area contributed by atoms with Crippen LogP contribution in [0.2, 0.25) is 4.47 Å². The number of hydrogen-bond acceptors (Lipinski definition) is 1. The summed E-state index contributed by atoms with van der Waals surface area (Å²) < 4.78 is 0.562. The van der Waals surface area contributed by atoms with Crippen LogP contribution >= 0.6 is 26.9 Å². The van der Waals surface area contributed by atoms with Gasteiger partial charge in [-0.15, -0.1) is 0 Å². The zero-order valence-electron chi connectivity index (χ0n) is 7.27. The first-order valence-electron chi connectivity index (χ1n) is 4.41. The van der Waals surface area contributed by atoms with Gasteiger partial charge in [0.15, 0.2) is 0 Å². The van der Waals surface area contributed by atoms with E-state index in [1.165, 1.54) is 0 Å². The topological polar surface area (TPSA) is 17.1 Å². The van der Waals surface area contributed by atoms with Crippen molar-refractivity contribution >= 4 is 47.5 Å². The van der Waals surface area contributed by atoms with Gasteiger partial charge in [-0.2, -0.15) is 0 Å². The standard InChI is InChI=1S/C8H13Cl3OTe/c9-13(10,11)6-7-4-2-1-3-5-8(7)12/h7H,1-6H2. The Morgan fingerprint density at radius 1 is 1.23 bits per heavy atom. The molecule has 0 aromatic rings. The number of Topliss-reactive ketones (excluding diaryl/α,β-unsaturated/α-hetero) is 1. The van der Waals surface area contributed by atoms with E-state index in [-0.39, 0.29) is 5.92 Å². The maximum absolute atomic E-state index is 11.5. The van der Waals surface area contributed by atoms with Gasteiger partial charge in [0.1, 0.15) is 0 Å². The van der Waals surface area contributed by atoms with Gasteiger partial charge in [0.25, 0.3) is 0 Å². The third-order valence-corrected chi connectivity index (χ3v) is 7.08. The fourth-order valence-electron chi connectivity index (χ4n) is 1.64. The predicted octanol–water partition coefficient (Wildman–Crippen LogP) is 3.79. The second-order valence-electron chi connectivity index (χ2n) is 3.43. The SMILES string of the molecule is O=C1CCCCCC1C[Te](Cl)(Cl)Cl.